The molecule has 0 radical (unpaired) electrons. The smallest absolute Gasteiger partial charge is 0.453 e. The highest BCUT2D eigenvalue weighted by molar-refractivity contribution is 5.89. The number of aliphatic hydroxyl groups is 1. The summed E-state index contributed by atoms with van der Waals surface area (Å²) in [7, 11) is 0. The normalized spacial score (nSPS) is 11.6. The minimum absolute atomic E-state index is 0.0757. The van der Waals surface area contributed by atoms with Crippen LogP contribution in [0.4, 0.5) is 4.79 Å². The molecule has 0 unspecified atom stereocenters. The van der Waals surface area contributed by atoms with Crippen LogP contribution in [0.1, 0.15) is 71.8 Å². The number of carbonyl (C=O) groups excluding carboxylic acids is 2. The molecular formula is C38H39N7O12. The molecule has 57 heavy (non-hydrogen) atoms. The molecule has 6 rings (SSSR count). The number of imidazole rings is 1. The Morgan fingerprint density at radius 3 is 2.33 bits per heavy atom. The van der Waals surface area contributed by atoms with Crippen molar-refractivity contribution in [3.63, 3.8) is 0 Å². The van der Waals surface area contributed by atoms with Crippen LogP contribution in [0.15, 0.2) is 86.4 Å². The van der Waals surface area contributed by atoms with E-state index in [2.05, 4.69) is 25.2 Å². The summed E-state index contributed by atoms with van der Waals surface area (Å²) in [5, 5.41) is 40.8. The minimum Gasteiger partial charge on any atom is -0.453 e. The minimum atomic E-state index is -1.48. The quantitative estimate of drug-likeness (QED) is 0.0638. The molecule has 19 heteroatoms. The molecule has 0 aliphatic heterocycles. The van der Waals surface area contributed by atoms with Gasteiger partial charge in [0.15, 0.2) is 23.8 Å². The Morgan fingerprint density at radius 2 is 1.65 bits per heavy atom. The number of esters is 1. The zero-order valence-electron chi connectivity index (χ0n) is 31.3. The van der Waals surface area contributed by atoms with Crippen molar-refractivity contribution < 1.29 is 53.0 Å². The van der Waals surface area contributed by atoms with E-state index in [1.165, 1.54) is 26.8 Å². The zero-order valence-corrected chi connectivity index (χ0v) is 31.3. The van der Waals surface area contributed by atoms with Crippen LogP contribution in [0.25, 0.3) is 22.5 Å². The molecule has 0 aliphatic carbocycles. The highest BCUT2D eigenvalue weighted by Crippen LogP contribution is 2.31. The van der Waals surface area contributed by atoms with E-state index >= 15 is 0 Å². The molecule has 0 spiro atoms. The van der Waals surface area contributed by atoms with Gasteiger partial charge in [-0.3, -0.25) is 10.4 Å². The zero-order chi connectivity index (χ0) is 40.7. The van der Waals surface area contributed by atoms with Gasteiger partial charge in [0.05, 0.1) is 5.39 Å². The Kier molecular flexibility index (Phi) is 12.3. The average Bonchev–Trinajstić information content (AvgIpc) is 3.89. The summed E-state index contributed by atoms with van der Waals surface area (Å²) >= 11 is 0. The number of para-hydroxylation sites is 1. The number of aryl methyl sites for hydroxylation is 2. The molecule has 0 bridgehead atoms. The van der Waals surface area contributed by atoms with Crippen molar-refractivity contribution in [3.8, 4) is 28.3 Å². The summed E-state index contributed by atoms with van der Waals surface area (Å²) < 4.78 is 27.5. The van der Waals surface area contributed by atoms with Gasteiger partial charge in [0, 0.05) is 24.1 Å². The third kappa shape index (κ3) is 9.84. The molecule has 3 aromatic heterocycles. The molecule has 3 N–H and O–H groups in total. The van der Waals surface area contributed by atoms with Crippen molar-refractivity contribution in [1.29, 1.82) is 0 Å². The fourth-order valence-electron chi connectivity index (χ4n) is 5.81. The topological polar surface area (TPSA) is 240 Å². The number of hydrogen-bond acceptors (Lipinski definition) is 17. The van der Waals surface area contributed by atoms with Gasteiger partial charge in [0.2, 0.25) is 12.6 Å². The number of aromatic nitrogens is 6. The molecule has 19 nitrogen and oxygen atoms in total. The van der Waals surface area contributed by atoms with Gasteiger partial charge in [-0.15, -0.1) is 15.0 Å². The Bertz CT molecular complexity index is 2390. The first-order valence-electron chi connectivity index (χ1n) is 17.6. The number of benzene rings is 3. The maximum Gasteiger partial charge on any atom is 0.519 e. The standard InChI is InChI=1S/C38H39N7O12/c1-5-10-31-39-33(38(3,4)49)32(35(46)52-21-30-23(2)55-37(48)57-30)43(31)19-24-15-17-25(18-16-24)27-12-7-8-13-28(27)34-40-42-44(41-34)22-53-36(47)56-29-14-9-6-11-26(29)20-54-45(50)51/h6-9,11-18,49-51H,5,10,19-22H2,1-4H3. The van der Waals surface area contributed by atoms with E-state index in [0.717, 1.165) is 27.9 Å². The van der Waals surface area contributed by atoms with E-state index in [0.29, 0.717) is 23.4 Å². The monoisotopic (exact) mass is 785 g/mol. The summed E-state index contributed by atoms with van der Waals surface area (Å²) in [6.07, 6.45) is 0.183. The first-order valence-corrected chi connectivity index (χ1v) is 17.6. The highest BCUT2D eigenvalue weighted by Gasteiger charge is 2.33. The van der Waals surface area contributed by atoms with E-state index in [-0.39, 0.29) is 54.2 Å². The fourth-order valence-corrected chi connectivity index (χ4v) is 5.81. The summed E-state index contributed by atoms with van der Waals surface area (Å²) in [5.74, 6) is -0.458. The number of nitrogens with zero attached hydrogens (tertiary/aromatic N) is 7. The van der Waals surface area contributed by atoms with Crippen molar-refractivity contribution in [2.45, 2.75) is 72.6 Å². The van der Waals surface area contributed by atoms with Crippen LogP contribution in [0.2, 0.25) is 0 Å². The van der Waals surface area contributed by atoms with Gasteiger partial charge in [-0.2, -0.15) is 0 Å². The van der Waals surface area contributed by atoms with Crippen LogP contribution < -0.4 is 10.6 Å². The van der Waals surface area contributed by atoms with Crippen LogP contribution in [0.5, 0.6) is 5.75 Å². The maximum atomic E-state index is 13.6. The van der Waals surface area contributed by atoms with E-state index in [4.69, 9.17) is 33.5 Å². The second kappa shape index (κ2) is 17.5. The molecule has 3 heterocycles. The highest BCUT2D eigenvalue weighted by atomic mass is 17.1. The number of ether oxygens (including phenoxy) is 3. The first kappa shape index (κ1) is 40.2. The van der Waals surface area contributed by atoms with E-state index in [1.807, 2.05) is 55.5 Å². The van der Waals surface area contributed by atoms with Gasteiger partial charge in [0.1, 0.15) is 29.5 Å². The Labute approximate surface area is 324 Å². The number of rotatable bonds is 16. The predicted octanol–water partition coefficient (Wildman–Crippen LogP) is 5.33. The van der Waals surface area contributed by atoms with Crippen molar-refractivity contribution in [2.24, 2.45) is 0 Å². The van der Waals surface area contributed by atoms with Crippen molar-refractivity contribution >= 4 is 12.1 Å². The van der Waals surface area contributed by atoms with Gasteiger partial charge in [0.25, 0.3) is 0 Å². The van der Waals surface area contributed by atoms with E-state index in [9.17, 15) is 19.5 Å². The number of carbonyl (C=O) groups is 2. The lowest BCUT2D eigenvalue weighted by molar-refractivity contribution is -0.497. The lowest BCUT2D eigenvalue weighted by atomic mass is 9.98. The van der Waals surface area contributed by atoms with Crippen molar-refractivity contribution in [1.82, 2.24) is 35.1 Å². The molecular weight excluding hydrogens is 746 g/mol. The molecule has 0 aliphatic rings. The SMILES string of the molecule is CCCc1nc(C(C)(C)O)c(C(=O)OCc2oc(=O)oc2C)n1Cc1ccc(-c2ccccc2-c2nnn(COC(=O)Oc3ccccc3CON(O)O)n2)cc1. The summed E-state index contributed by atoms with van der Waals surface area (Å²) in [4.78, 5) is 47.9. The average molecular weight is 786 g/mol. The largest absolute Gasteiger partial charge is 0.519 e. The summed E-state index contributed by atoms with van der Waals surface area (Å²) in [5.41, 5.74) is 2.19. The molecule has 3 aromatic carbocycles. The molecule has 0 atom stereocenters. The third-order valence-electron chi connectivity index (χ3n) is 8.49. The van der Waals surface area contributed by atoms with Crippen molar-refractivity contribution in [2.75, 3.05) is 0 Å². The molecule has 6 aromatic rings. The van der Waals surface area contributed by atoms with Gasteiger partial charge < -0.3 is 32.7 Å². The van der Waals surface area contributed by atoms with E-state index in [1.54, 1.807) is 22.8 Å². The van der Waals surface area contributed by atoms with Crippen LogP contribution in [-0.2, 0) is 52.8 Å². The second-order valence-electron chi connectivity index (χ2n) is 13.1. The van der Waals surface area contributed by atoms with Crippen LogP contribution >= 0.6 is 0 Å². The summed E-state index contributed by atoms with van der Waals surface area (Å²) in [6, 6.07) is 21.3. The molecule has 0 saturated carbocycles. The third-order valence-corrected chi connectivity index (χ3v) is 8.49. The fraction of sp³-hybridized carbons (Fsp3) is 0.289. The molecule has 0 amide bonds. The second-order valence-corrected chi connectivity index (χ2v) is 13.1. The van der Waals surface area contributed by atoms with Gasteiger partial charge in [-0.05, 0) is 55.2 Å². The molecule has 298 valence electrons. The summed E-state index contributed by atoms with van der Waals surface area (Å²) in [6.45, 7) is 5.75. The maximum absolute atomic E-state index is 13.6. The Morgan fingerprint density at radius 1 is 0.930 bits per heavy atom. The van der Waals surface area contributed by atoms with Crippen LogP contribution in [0, 0.1) is 6.92 Å². The van der Waals surface area contributed by atoms with Crippen molar-refractivity contribution in [3.05, 3.63) is 123 Å². The van der Waals surface area contributed by atoms with Crippen LogP contribution in [0.3, 0.4) is 0 Å². The Balaban J connectivity index is 1.18. The van der Waals surface area contributed by atoms with Crippen LogP contribution in [-0.4, -0.2) is 62.8 Å². The Hall–Kier alpha value is -6.51. The first-order chi connectivity index (χ1) is 27.3. The van der Waals surface area contributed by atoms with Gasteiger partial charge >= 0.3 is 17.9 Å². The van der Waals surface area contributed by atoms with Gasteiger partial charge in [-0.25, -0.2) is 24.2 Å². The van der Waals surface area contributed by atoms with E-state index < -0.39 is 35.7 Å². The molecule has 0 fully saturated rings. The molecule has 0 saturated heterocycles. The number of hydrogen-bond donors (Lipinski definition) is 3. The van der Waals surface area contributed by atoms with Gasteiger partial charge in [-0.1, -0.05) is 73.7 Å². The number of tetrazole rings is 1. The lowest BCUT2D eigenvalue weighted by Crippen LogP contribution is -2.23. The predicted molar refractivity (Wildman–Crippen MR) is 194 cm³/mol. The lowest BCUT2D eigenvalue weighted by Gasteiger charge is -2.17.